The average molecular weight is 399 g/mol. The largest absolute Gasteiger partial charge is 0.497 e. The van der Waals surface area contributed by atoms with Crippen LogP contribution in [0.25, 0.3) is 16.8 Å². The number of rotatable bonds is 4. The predicted octanol–water partition coefficient (Wildman–Crippen LogP) is 4.04. The number of methoxy groups -OCH3 is 1. The summed E-state index contributed by atoms with van der Waals surface area (Å²) >= 11 is 0. The van der Waals surface area contributed by atoms with Crippen molar-refractivity contribution in [3.8, 4) is 17.0 Å². The Bertz CT molecular complexity index is 1180. The Labute approximate surface area is 176 Å². The maximum Gasteiger partial charge on any atom is 0.154 e. The molecule has 0 aliphatic carbocycles. The van der Waals surface area contributed by atoms with Gasteiger partial charge in [0.15, 0.2) is 5.82 Å². The summed E-state index contributed by atoms with van der Waals surface area (Å²) in [6.07, 6.45) is 3.76. The van der Waals surface area contributed by atoms with Crippen molar-refractivity contribution in [1.82, 2.24) is 14.6 Å². The number of hydrogen-bond donors (Lipinski definition) is 0. The third kappa shape index (κ3) is 3.34. The van der Waals surface area contributed by atoms with Crippen LogP contribution < -0.4 is 14.5 Å². The molecule has 3 heterocycles. The summed E-state index contributed by atoms with van der Waals surface area (Å²) < 4.78 is 7.32. The Morgan fingerprint density at radius 2 is 1.70 bits per heavy atom. The van der Waals surface area contributed by atoms with Crippen LogP contribution in [0.1, 0.15) is 5.56 Å². The number of hydrogen-bond acceptors (Lipinski definition) is 5. The minimum atomic E-state index is 0.893. The van der Waals surface area contributed by atoms with Gasteiger partial charge in [0.2, 0.25) is 0 Å². The lowest BCUT2D eigenvalue weighted by molar-refractivity contribution is 0.414. The van der Waals surface area contributed by atoms with Crippen molar-refractivity contribution in [2.45, 2.75) is 6.92 Å². The van der Waals surface area contributed by atoms with Gasteiger partial charge < -0.3 is 14.5 Å². The molecule has 4 aromatic rings. The zero-order valence-electron chi connectivity index (χ0n) is 17.3. The predicted molar refractivity (Wildman–Crippen MR) is 121 cm³/mol. The Hall–Kier alpha value is -3.54. The van der Waals surface area contributed by atoms with E-state index in [1.807, 2.05) is 29.0 Å². The molecule has 6 heteroatoms. The normalized spacial score (nSPS) is 14.3. The highest BCUT2D eigenvalue weighted by Gasteiger charge is 2.21. The summed E-state index contributed by atoms with van der Waals surface area (Å²) in [6.45, 7) is 5.82. The Kier molecular flexibility index (Phi) is 4.75. The van der Waals surface area contributed by atoms with Crippen molar-refractivity contribution in [3.63, 3.8) is 0 Å². The van der Waals surface area contributed by atoms with Gasteiger partial charge in [-0.15, -0.1) is 0 Å². The van der Waals surface area contributed by atoms with Crippen molar-refractivity contribution in [3.05, 3.63) is 72.6 Å². The van der Waals surface area contributed by atoms with Gasteiger partial charge in [-0.05, 0) is 30.7 Å². The van der Waals surface area contributed by atoms with E-state index in [9.17, 15) is 0 Å². The molecule has 0 saturated carbocycles. The van der Waals surface area contributed by atoms with Crippen molar-refractivity contribution in [2.75, 3.05) is 43.1 Å². The van der Waals surface area contributed by atoms with E-state index in [4.69, 9.17) is 14.8 Å². The molecule has 0 amide bonds. The summed E-state index contributed by atoms with van der Waals surface area (Å²) in [5.41, 5.74) is 5.62. The first kappa shape index (κ1) is 18.5. The average Bonchev–Trinajstić information content (AvgIpc) is 3.24. The third-order valence-corrected chi connectivity index (χ3v) is 5.79. The lowest BCUT2D eigenvalue weighted by atomic mass is 10.1. The van der Waals surface area contributed by atoms with E-state index in [1.54, 1.807) is 7.11 Å². The first-order valence-corrected chi connectivity index (χ1v) is 10.3. The van der Waals surface area contributed by atoms with E-state index in [0.29, 0.717) is 0 Å². The number of ether oxygens (including phenoxy) is 1. The van der Waals surface area contributed by atoms with Gasteiger partial charge in [0.1, 0.15) is 11.3 Å². The quantitative estimate of drug-likeness (QED) is 0.518. The number of aromatic nitrogens is 3. The van der Waals surface area contributed by atoms with Crippen molar-refractivity contribution >= 4 is 17.0 Å². The van der Waals surface area contributed by atoms with Gasteiger partial charge in [0.25, 0.3) is 0 Å². The van der Waals surface area contributed by atoms with Crippen molar-refractivity contribution in [1.29, 1.82) is 0 Å². The Balaban J connectivity index is 1.40. The van der Waals surface area contributed by atoms with E-state index in [0.717, 1.165) is 54.5 Å². The molecular weight excluding hydrogens is 374 g/mol. The molecule has 1 fully saturated rings. The standard InChI is InChI=1S/C24H25N5O/c1-18-6-3-4-9-21(18)22-17-23-24(25-10-11-29(23)26-22)28-14-12-27(13-15-28)19-7-5-8-20(16-19)30-2/h3-11,16-17H,12-15H2,1-2H3. The van der Waals surface area contributed by atoms with E-state index in [-0.39, 0.29) is 0 Å². The van der Waals surface area contributed by atoms with E-state index in [2.05, 4.69) is 59.2 Å². The molecule has 2 aromatic carbocycles. The number of aryl methyl sites for hydroxylation is 1. The van der Waals surface area contributed by atoms with Crippen LogP contribution >= 0.6 is 0 Å². The summed E-state index contributed by atoms with van der Waals surface area (Å²) in [5, 5.41) is 4.81. The van der Waals surface area contributed by atoms with Gasteiger partial charge >= 0.3 is 0 Å². The number of nitrogens with zero attached hydrogens (tertiary/aromatic N) is 5. The molecule has 5 rings (SSSR count). The molecule has 0 spiro atoms. The highest BCUT2D eigenvalue weighted by Crippen LogP contribution is 2.28. The molecule has 152 valence electrons. The highest BCUT2D eigenvalue weighted by molar-refractivity contribution is 5.76. The molecule has 0 N–H and O–H groups in total. The number of anilines is 2. The maximum absolute atomic E-state index is 5.37. The molecule has 0 atom stereocenters. The molecule has 0 unspecified atom stereocenters. The zero-order valence-corrected chi connectivity index (χ0v) is 17.3. The topological polar surface area (TPSA) is 45.9 Å². The molecule has 1 aliphatic heterocycles. The van der Waals surface area contributed by atoms with Crippen LogP contribution in [0.2, 0.25) is 0 Å². The lowest BCUT2D eigenvalue weighted by Gasteiger charge is -2.36. The molecule has 30 heavy (non-hydrogen) atoms. The highest BCUT2D eigenvalue weighted by atomic mass is 16.5. The fraction of sp³-hybridized carbons (Fsp3) is 0.250. The molecular formula is C24H25N5O. The second kappa shape index (κ2) is 7.71. The fourth-order valence-corrected chi connectivity index (χ4v) is 4.13. The molecule has 0 bridgehead atoms. The van der Waals surface area contributed by atoms with Crippen LogP contribution in [-0.4, -0.2) is 47.9 Å². The summed E-state index contributed by atoms with van der Waals surface area (Å²) in [6, 6.07) is 18.8. The number of piperazine rings is 1. The molecule has 1 aliphatic rings. The van der Waals surface area contributed by atoms with Gasteiger partial charge in [0, 0.05) is 55.9 Å². The number of fused-ring (bicyclic) bond motifs is 1. The van der Waals surface area contributed by atoms with Crippen molar-refractivity contribution in [2.24, 2.45) is 0 Å². The molecule has 2 aromatic heterocycles. The maximum atomic E-state index is 5.37. The van der Waals surface area contributed by atoms with Crippen LogP contribution in [0.4, 0.5) is 11.5 Å². The minimum absolute atomic E-state index is 0.893. The van der Waals surface area contributed by atoms with Gasteiger partial charge in [-0.25, -0.2) is 9.50 Å². The second-order valence-electron chi connectivity index (χ2n) is 7.60. The zero-order chi connectivity index (χ0) is 20.5. The molecule has 0 radical (unpaired) electrons. The van der Waals surface area contributed by atoms with Crippen LogP contribution in [0.15, 0.2) is 67.0 Å². The molecule has 6 nitrogen and oxygen atoms in total. The minimum Gasteiger partial charge on any atom is -0.497 e. The first-order chi connectivity index (χ1) is 14.7. The fourth-order valence-electron chi connectivity index (χ4n) is 4.13. The van der Waals surface area contributed by atoms with Gasteiger partial charge in [-0.1, -0.05) is 30.3 Å². The first-order valence-electron chi connectivity index (χ1n) is 10.3. The van der Waals surface area contributed by atoms with Crippen molar-refractivity contribution < 1.29 is 4.74 Å². The van der Waals surface area contributed by atoms with Crippen LogP contribution in [0.3, 0.4) is 0 Å². The molecule has 1 saturated heterocycles. The van der Waals surface area contributed by atoms with E-state index in [1.165, 1.54) is 11.3 Å². The van der Waals surface area contributed by atoms with Crippen LogP contribution in [0, 0.1) is 6.92 Å². The Morgan fingerprint density at radius 3 is 2.50 bits per heavy atom. The monoisotopic (exact) mass is 399 g/mol. The van der Waals surface area contributed by atoms with Crippen LogP contribution in [-0.2, 0) is 0 Å². The van der Waals surface area contributed by atoms with E-state index < -0.39 is 0 Å². The van der Waals surface area contributed by atoms with Gasteiger partial charge in [-0.3, -0.25) is 0 Å². The Morgan fingerprint density at radius 1 is 0.900 bits per heavy atom. The smallest absolute Gasteiger partial charge is 0.154 e. The van der Waals surface area contributed by atoms with E-state index >= 15 is 0 Å². The van der Waals surface area contributed by atoms with Gasteiger partial charge in [0.05, 0.1) is 12.8 Å². The van der Waals surface area contributed by atoms with Crippen LogP contribution in [0.5, 0.6) is 5.75 Å². The summed E-state index contributed by atoms with van der Waals surface area (Å²) in [4.78, 5) is 9.47. The summed E-state index contributed by atoms with van der Waals surface area (Å²) in [5.74, 6) is 1.89. The summed E-state index contributed by atoms with van der Waals surface area (Å²) in [7, 11) is 1.71. The number of benzene rings is 2. The SMILES string of the molecule is COc1cccc(N2CCN(c3nccn4nc(-c5ccccc5C)cc34)CC2)c1. The lowest BCUT2D eigenvalue weighted by Crippen LogP contribution is -2.47. The van der Waals surface area contributed by atoms with Gasteiger partial charge in [-0.2, -0.15) is 5.10 Å². The third-order valence-electron chi connectivity index (χ3n) is 5.79. The second-order valence-corrected chi connectivity index (χ2v) is 7.60.